The Morgan fingerprint density at radius 1 is 1.24 bits per heavy atom. The minimum absolute atomic E-state index is 0.00173. The Bertz CT molecular complexity index is 811. The molecule has 130 valence electrons. The largest absolute Gasteiger partial charge is 0.339 e. The fourth-order valence-corrected chi connectivity index (χ4v) is 4.21. The summed E-state index contributed by atoms with van der Waals surface area (Å²) in [6.07, 6.45) is 5.22. The van der Waals surface area contributed by atoms with Gasteiger partial charge in [-0.3, -0.25) is 4.79 Å². The summed E-state index contributed by atoms with van der Waals surface area (Å²) in [5.74, 6) is 2.70. The van der Waals surface area contributed by atoms with Crippen LogP contribution in [-0.2, 0) is 4.79 Å². The van der Waals surface area contributed by atoms with Gasteiger partial charge in [-0.25, -0.2) is 0 Å². The van der Waals surface area contributed by atoms with Gasteiger partial charge in [0.25, 0.3) is 0 Å². The summed E-state index contributed by atoms with van der Waals surface area (Å²) < 4.78 is 5.41. The van der Waals surface area contributed by atoms with E-state index in [2.05, 4.69) is 41.3 Å². The normalized spacial score (nSPS) is 28.4. The Morgan fingerprint density at radius 3 is 2.88 bits per heavy atom. The smallest absolute Gasteiger partial charge is 0.229 e. The maximum atomic E-state index is 13.1. The number of carbonyl (C=O) groups excluding carboxylic acids is 1. The second-order valence-electron chi connectivity index (χ2n) is 7.76. The third-order valence-electron chi connectivity index (χ3n) is 5.91. The van der Waals surface area contributed by atoms with Gasteiger partial charge >= 0.3 is 0 Å². The van der Waals surface area contributed by atoms with Crippen LogP contribution < -0.4 is 0 Å². The lowest BCUT2D eigenvalue weighted by Crippen LogP contribution is -2.32. The number of aryl methyl sites for hydroxylation is 1. The van der Waals surface area contributed by atoms with Crippen molar-refractivity contribution in [2.75, 3.05) is 6.54 Å². The molecule has 5 nitrogen and oxygen atoms in total. The van der Waals surface area contributed by atoms with Gasteiger partial charge in [0, 0.05) is 18.4 Å². The van der Waals surface area contributed by atoms with E-state index in [9.17, 15) is 4.79 Å². The van der Waals surface area contributed by atoms with E-state index in [4.69, 9.17) is 4.52 Å². The first kappa shape index (κ1) is 15.1. The number of rotatable bonds is 4. The van der Waals surface area contributed by atoms with Crippen LogP contribution in [0.3, 0.4) is 0 Å². The molecule has 0 bridgehead atoms. The Morgan fingerprint density at radius 2 is 2.08 bits per heavy atom. The lowest BCUT2D eigenvalue weighted by molar-refractivity contribution is -0.133. The summed E-state index contributed by atoms with van der Waals surface area (Å²) in [5, 5.41) is 4.18. The Kier molecular flexibility index (Phi) is 3.43. The third-order valence-corrected chi connectivity index (χ3v) is 5.91. The third kappa shape index (κ3) is 2.66. The molecule has 2 aromatic rings. The molecule has 0 unspecified atom stereocenters. The number of hydrogen-bond acceptors (Lipinski definition) is 4. The van der Waals surface area contributed by atoms with Crippen molar-refractivity contribution in [3.8, 4) is 0 Å². The van der Waals surface area contributed by atoms with Crippen molar-refractivity contribution in [1.82, 2.24) is 15.0 Å². The number of likely N-dealkylation sites (tertiary alicyclic amines) is 1. The Balaban J connectivity index is 1.32. The molecule has 1 saturated heterocycles. The molecule has 2 saturated carbocycles. The van der Waals surface area contributed by atoms with Gasteiger partial charge in [0.05, 0.1) is 6.04 Å². The van der Waals surface area contributed by atoms with E-state index in [0.29, 0.717) is 17.7 Å². The molecule has 1 aromatic heterocycles. The van der Waals surface area contributed by atoms with Gasteiger partial charge in [-0.1, -0.05) is 29.4 Å². The van der Waals surface area contributed by atoms with E-state index in [1.165, 1.54) is 11.1 Å². The maximum absolute atomic E-state index is 13.1. The zero-order valence-electron chi connectivity index (χ0n) is 14.5. The highest BCUT2D eigenvalue weighted by Gasteiger charge is 2.48. The van der Waals surface area contributed by atoms with Crippen LogP contribution in [0.5, 0.6) is 0 Å². The van der Waals surface area contributed by atoms with Crippen LogP contribution in [0.25, 0.3) is 0 Å². The van der Waals surface area contributed by atoms with Gasteiger partial charge in [-0.05, 0) is 56.1 Å². The van der Waals surface area contributed by atoms with Crippen LogP contribution in [0, 0.1) is 12.8 Å². The van der Waals surface area contributed by atoms with Crippen molar-refractivity contribution in [2.24, 2.45) is 5.92 Å². The van der Waals surface area contributed by atoms with Gasteiger partial charge in [-0.2, -0.15) is 4.98 Å². The summed E-state index contributed by atoms with van der Waals surface area (Å²) in [6.45, 7) is 2.94. The molecule has 2 aliphatic carbocycles. The highest BCUT2D eigenvalue weighted by molar-refractivity contribution is 5.83. The zero-order valence-corrected chi connectivity index (χ0v) is 14.5. The van der Waals surface area contributed by atoms with E-state index in [1.807, 2.05) is 4.90 Å². The van der Waals surface area contributed by atoms with E-state index in [-0.39, 0.29) is 17.9 Å². The molecule has 3 aliphatic rings. The molecule has 3 fully saturated rings. The van der Waals surface area contributed by atoms with Gasteiger partial charge in [0.1, 0.15) is 0 Å². The SMILES string of the molecule is Cc1ccccc1[C@@H]1C[C@@H]1C(=O)N1CCC[C@H]1c1noc(C2CC2)n1. The maximum Gasteiger partial charge on any atom is 0.229 e. The second-order valence-corrected chi connectivity index (χ2v) is 7.76. The average Bonchev–Trinajstić information content (AvgIpc) is 3.52. The molecule has 0 N–H and O–H groups in total. The summed E-state index contributed by atoms with van der Waals surface area (Å²) in [5.41, 5.74) is 2.61. The van der Waals surface area contributed by atoms with E-state index in [0.717, 1.165) is 44.5 Å². The number of nitrogens with zero attached hydrogens (tertiary/aromatic N) is 3. The van der Waals surface area contributed by atoms with Crippen molar-refractivity contribution in [2.45, 2.75) is 56.9 Å². The number of aromatic nitrogens is 2. The first-order chi connectivity index (χ1) is 12.2. The molecule has 1 amide bonds. The van der Waals surface area contributed by atoms with Crippen LogP contribution in [0.4, 0.5) is 0 Å². The number of hydrogen-bond donors (Lipinski definition) is 0. The molecule has 3 atom stereocenters. The number of benzene rings is 1. The predicted octanol–water partition coefficient (Wildman–Crippen LogP) is 3.72. The first-order valence-corrected chi connectivity index (χ1v) is 9.42. The standard InChI is InChI=1S/C20H23N3O2/c1-12-5-2-3-6-14(12)15-11-16(15)20(24)23-10-4-7-17(23)18-21-19(25-22-18)13-8-9-13/h2-3,5-6,13,15-17H,4,7-11H2,1H3/t15-,16-,17-/m0/s1. The summed E-state index contributed by atoms with van der Waals surface area (Å²) in [7, 11) is 0. The molecule has 5 heteroatoms. The van der Waals surface area contributed by atoms with Gasteiger partial charge in [-0.15, -0.1) is 0 Å². The highest BCUT2D eigenvalue weighted by Crippen LogP contribution is 2.51. The Hall–Kier alpha value is -2.17. The van der Waals surface area contributed by atoms with Crippen LogP contribution in [-0.4, -0.2) is 27.5 Å². The topological polar surface area (TPSA) is 59.2 Å². The Labute approximate surface area is 147 Å². The fourth-order valence-electron chi connectivity index (χ4n) is 4.21. The van der Waals surface area contributed by atoms with E-state index >= 15 is 0 Å². The second kappa shape index (κ2) is 5.68. The minimum Gasteiger partial charge on any atom is -0.339 e. The minimum atomic E-state index is 0.00173. The molecular weight excluding hydrogens is 314 g/mol. The molecule has 0 spiro atoms. The van der Waals surface area contributed by atoms with Gasteiger partial charge in [0.15, 0.2) is 5.82 Å². The van der Waals surface area contributed by atoms with Crippen LogP contribution in [0.1, 0.15) is 72.8 Å². The van der Waals surface area contributed by atoms with Crippen LogP contribution in [0.2, 0.25) is 0 Å². The first-order valence-electron chi connectivity index (χ1n) is 9.42. The van der Waals surface area contributed by atoms with Crippen molar-refractivity contribution in [1.29, 1.82) is 0 Å². The highest BCUT2D eigenvalue weighted by atomic mass is 16.5. The molecule has 0 radical (unpaired) electrons. The predicted molar refractivity (Wildman–Crippen MR) is 92.0 cm³/mol. The van der Waals surface area contributed by atoms with Crippen molar-refractivity contribution in [3.63, 3.8) is 0 Å². The summed E-state index contributed by atoms with van der Waals surface area (Å²) in [6, 6.07) is 8.42. The van der Waals surface area contributed by atoms with Crippen molar-refractivity contribution >= 4 is 5.91 Å². The fraction of sp³-hybridized carbons (Fsp3) is 0.550. The van der Waals surface area contributed by atoms with Gasteiger partial charge in [0.2, 0.25) is 11.8 Å². The average molecular weight is 337 g/mol. The van der Waals surface area contributed by atoms with E-state index in [1.54, 1.807) is 0 Å². The van der Waals surface area contributed by atoms with Gasteiger partial charge < -0.3 is 9.42 Å². The summed E-state index contributed by atoms with van der Waals surface area (Å²) >= 11 is 0. The lowest BCUT2D eigenvalue weighted by Gasteiger charge is -2.22. The summed E-state index contributed by atoms with van der Waals surface area (Å²) in [4.78, 5) is 19.7. The van der Waals surface area contributed by atoms with Crippen molar-refractivity contribution in [3.05, 3.63) is 47.1 Å². The van der Waals surface area contributed by atoms with Crippen LogP contribution >= 0.6 is 0 Å². The molecule has 2 heterocycles. The van der Waals surface area contributed by atoms with Crippen molar-refractivity contribution < 1.29 is 9.32 Å². The molecule has 5 rings (SSSR count). The lowest BCUT2D eigenvalue weighted by atomic mass is 10.0. The molecule has 25 heavy (non-hydrogen) atoms. The number of carbonyl (C=O) groups is 1. The van der Waals surface area contributed by atoms with Crippen LogP contribution in [0.15, 0.2) is 28.8 Å². The molecular formula is C20H23N3O2. The zero-order chi connectivity index (χ0) is 17.0. The molecule has 1 aromatic carbocycles. The monoisotopic (exact) mass is 337 g/mol. The molecule has 1 aliphatic heterocycles. The number of amides is 1. The van der Waals surface area contributed by atoms with E-state index < -0.39 is 0 Å². The quantitative estimate of drug-likeness (QED) is 0.853.